The van der Waals surface area contributed by atoms with E-state index in [-0.39, 0.29) is 5.56 Å². The Balaban J connectivity index is 1.97. The van der Waals surface area contributed by atoms with Crippen LogP contribution in [0.15, 0.2) is 24.3 Å². The van der Waals surface area contributed by atoms with Crippen LogP contribution < -0.4 is 5.32 Å². The standard InChI is InChI=1S/C16H17BrFNO4/c1-9(15(21)23-16(22)12-6-3-7-19-12)13(17)14(20)10-4-2-5-11(18)8-10/h2,4-5,8-9,12-13,19H,3,6-7H2,1H3/t9?,12-,13?/m0/s1. The molecule has 1 aromatic rings. The molecule has 1 saturated heterocycles. The van der Waals surface area contributed by atoms with E-state index in [1.807, 2.05) is 0 Å². The molecule has 1 heterocycles. The SMILES string of the molecule is CC(C(=O)OC(=O)[C@@H]1CCCN1)C(Br)C(=O)c1cccc(F)c1. The molecule has 0 radical (unpaired) electrons. The first-order chi connectivity index (χ1) is 10.9. The quantitative estimate of drug-likeness (QED) is 0.364. The maximum absolute atomic E-state index is 13.2. The van der Waals surface area contributed by atoms with Gasteiger partial charge in [-0.1, -0.05) is 35.0 Å². The van der Waals surface area contributed by atoms with Gasteiger partial charge in [-0.3, -0.25) is 9.59 Å². The van der Waals surface area contributed by atoms with Crippen molar-refractivity contribution in [3.05, 3.63) is 35.6 Å². The number of hydrogen-bond donors (Lipinski definition) is 1. The van der Waals surface area contributed by atoms with Crippen molar-refractivity contribution < 1.29 is 23.5 Å². The smallest absolute Gasteiger partial charge is 0.330 e. The Kier molecular flexibility index (Phi) is 6.01. The number of nitrogens with one attached hydrogen (secondary N) is 1. The second-order valence-corrected chi connectivity index (χ2v) is 6.44. The van der Waals surface area contributed by atoms with Gasteiger partial charge in [0.25, 0.3) is 0 Å². The number of carbonyl (C=O) groups is 3. The van der Waals surface area contributed by atoms with Crippen molar-refractivity contribution in [3.8, 4) is 0 Å². The fourth-order valence-corrected chi connectivity index (χ4v) is 2.78. The van der Waals surface area contributed by atoms with E-state index in [1.54, 1.807) is 0 Å². The van der Waals surface area contributed by atoms with Gasteiger partial charge in [0.2, 0.25) is 0 Å². The molecule has 0 bridgehead atoms. The van der Waals surface area contributed by atoms with Crippen LogP contribution >= 0.6 is 15.9 Å². The van der Waals surface area contributed by atoms with E-state index >= 15 is 0 Å². The first-order valence-corrected chi connectivity index (χ1v) is 8.24. The third kappa shape index (κ3) is 4.45. The monoisotopic (exact) mass is 385 g/mol. The minimum absolute atomic E-state index is 0.148. The molecule has 124 valence electrons. The molecule has 1 N–H and O–H groups in total. The van der Waals surface area contributed by atoms with Gasteiger partial charge >= 0.3 is 11.9 Å². The minimum atomic E-state index is -0.902. The molecule has 2 unspecified atom stereocenters. The molecular weight excluding hydrogens is 369 g/mol. The van der Waals surface area contributed by atoms with Crippen LogP contribution in [-0.2, 0) is 14.3 Å². The lowest BCUT2D eigenvalue weighted by Crippen LogP contribution is -2.37. The average molecular weight is 386 g/mol. The molecule has 1 fully saturated rings. The van der Waals surface area contributed by atoms with Gasteiger partial charge in [-0.15, -0.1) is 0 Å². The van der Waals surface area contributed by atoms with Crippen molar-refractivity contribution in [3.63, 3.8) is 0 Å². The fourth-order valence-electron chi connectivity index (χ4n) is 2.30. The lowest BCUT2D eigenvalue weighted by molar-refractivity contribution is -0.163. The summed E-state index contributed by atoms with van der Waals surface area (Å²) in [5.74, 6) is -3.27. The van der Waals surface area contributed by atoms with Gasteiger partial charge in [0, 0.05) is 5.56 Å². The molecule has 1 aliphatic heterocycles. The van der Waals surface area contributed by atoms with Crippen LogP contribution in [0.25, 0.3) is 0 Å². The number of carbonyl (C=O) groups excluding carboxylic acids is 3. The van der Waals surface area contributed by atoms with Gasteiger partial charge < -0.3 is 10.1 Å². The zero-order chi connectivity index (χ0) is 17.0. The summed E-state index contributed by atoms with van der Waals surface area (Å²) in [5, 5.41) is 2.94. The normalized spacial score (nSPS) is 19.9. The fraction of sp³-hybridized carbons (Fsp3) is 0.438. The van der Waals surface area contributed by atoms with E-state index < -0.39 is 40.3 Å². The molecule has 0 spiro atoms. The Hall–Kier alpha value is -1.60. The summed E-state index contributed by atoms with van der Waals surface area (Å²) in [6.45, 7) is 2.19. The molecule has 2 rings (SSSR count). The summed E-state index contributed by atoms with van der Waals surface area (Å²) in [5.41, 5.74) is 0.148. The van der Waals surface area contributed by atoms with Crippen LogP contribution in [0.5, 0.6) is 0 Å². The second kappa shape index (κ2) is 7.79. The van der Waals surface area contributed by atoms with Gasteiger partial charge in [0.05, 0.1) is 10.7 Å². The molecule has 23 heavy (non-hydrogen) atoms. The highest BCUT2D eigenvalue weighted by Gasteiger charge is 2.33. The highest BCUT2D eigenvalue weighted by atomic mass is 79.9. The maximum Gasteiger partial charge on any atom is 0.330 e. The number of benzene rings is 1. The Morgan fingerprint density at radius 3 is 2.74 bits per heavy atom. The van der Waals surface area contributed by atoms with E-state index in [0.29, 0.717) is 13.0 Å². The van der Waals surface area contributed by atoms with E-state index in [1.165, 1.54) is 25.1 Å². The molecule has 7 heteroatoms. The van der Waals surface area contributed by atoms with Gasteiger partial charge in [0.15, 0.2) is 5.78 Å². The molecule has 1 aliphatic rings. The van der Waals surface area contributed by atoms with Crippen LogP contribution in [0.4, 0.5) is 4.39 Å². The number of halogens is 2. The summed E-state index contributed by atoms with van der Waals surface area (Å²) >= 11 is 3.14. The lowest BCUT2D eigenvalue weighted by Gasteiger charge is -2.17. The summed E-state index contributed by atoms with van der Waals surface area (Å²) in [6, 6.07) is 4.73. The molecule has 0 saturated carbocycles. The summed E-state index contributed by atoms with van der Waals surface area (Å²) in [6.07, 6.45) is 1.48. The topological polar surface area (TPSA) is 72.5 Å². The van der Waals surface area contributed by atoms with Crippen LogP contribution in [0, 0.1) is 11.7 Å². The Labute approximate surface area is 141 Å². The Morgan fingerprint density at radius 1 is 1.39 bits per heavy atom. The molecule has 0 aliphatic carbocycles. The van der Waals surface area contributed by atoms with Crippen molar-refractivity contribution in [2.24, 2.45) is 5.92 Å². The van der Waals surface area contributed by atoms with Crippen molar-refractivity contribution >= 4 is 33.7 Å². The number of ether oxygens (including phenoxy) is 1. The highest BCUT2D eigenvalue weighted by molar-refractivity contribution is 9.10. The lowest BCUT2D eigenvalue weighted by atomic mass is 9.99. The molecule has 0 aromatic heterocycles. The van der Waals surface area contributed by atoms with Crippen LogP contribution in [0.1, 0.15) is 30.1 Å². The van der Waals surface area contributed by atoms with Crippen molar-refractivity contribution in [1.29, 1.82) is 0 Å². The number of alkyl halides is 1. The third-order valence-corrected chi connectivity index (χ3v) is 4.93. The Morgan fingerprint density at radius 2 is 2.13 bits per heavy atom. The molecular formula is C16H17BrFNO4. The predicted molar refractivity (Wildman–Crippen MR) is 84.7 cm³/mol. The molecule has 1 aromatic carbocycles. The van der Waals surface area contributed by atoms with Crippen molar-refractivity contribution in [2.75, 3.05) is 6.54 Å². The predicted octanol–water partition coefficient (Wildman–Crippen LogP) is 2.23. The van der Waals surface area contributed by atoms with Crippen LogP contribution in [0.3, 0.4) is 0 Å². The van der Waals surface area contributed by atoms with E-state index in [4.69, 9.17) is 4.74 Å². The first-order valence-electron chi connectivity index (χ1n) is 7.33. The van der Waals surface area contributed by atoms with E-state index in [0.717, 1.165) is 12.5 Å². The van der Waals surface area contributed by atoms with Crippen LogP contribution in [-0.4, -0.2) is 35.1 Å². The van der Waals surface area contributed by atoms with Gasteiger partial charge in [-0.25, -0.2) is 9.18 Å². The summed E-state index contributed by atoms with van der Waals surface area (Å²) in [7, 11) is 0. The maximum atomic E-state index is 13.2. The van der Waals surface area contributed by atoms with E-state index in [9.17, 15) is 18.8 Å². The number of esters is 2. The zero-order valence-electron chi connectivity index (χ0n) is 12.6. The summed E-state index contributed by atoms with van der Waals surface area (Å²) in [4.78, 5) is 35.2. The molecule has 0 amide bonds. The number of Topliss-reactive ketones (excluding diaryl/α,β-unsaturated/α-hetero) is 1. The van der Waals surface area contributed by atoms with Crippen molar-refractivity contribution in [1.82, 2.24) is 5.32 Å². The highest BCUT2D eigenvalue weighted by Crippen LogP contribution is 2.21. The second-order valence-electron chi connectivity index (χ2n) is 5.45. The number of ketones is 1. The zero-order valence-corrected chi connectivity index (χ0v) is 14.1. The first kappa shape index (κ1) is 17.7. The van der Waals surface area contributed by atoms with Gasteiger partial charge in [-0.05, 0) is 31.5 Å². The average Bonchev–Trinajstić information content (AvgIpc) is 3.07. The van der Waals surface area contributed by atoms with E-state index in [2.05, 4.69) is 21.2 Å². The largest absolute Gasteiger partial charge is 0.392 e. The van der Waals surface area contributed by atoms with Crippen molar-refractivity contribution in [2.45, 2.75) is 30.6 Å². The van der Waals surface area contributed by atoms with Gasteiger partial charge in [0.1, 0.15) is 11.9 Å². The van der Waals surface area contributed by atoms with Gasteiger partial charge in [-0.2, -0.15) is 0 Å². The molecule has 3 atom stereocenters. The number of hydrogen-bond acceptors (Lipinski definition) is 5. The number of rotatable bonds is 5. The summed E-state index contributed by atoms with van der Waals surface area (Å²) < 4.78 is 18.0. The third-order valence-electron chi connectivity index (χ3n) is 3.72. The Bertz CT molecular complexity index is 616. The minimum Gasteiger partial charge on any atom is -0.392 e. The van der Waals surface area contributed by atoms with Crippen LogP contribution in [0.2, 0.25) is 0 Å². The molecule has 5 nitrogen and oxygen atoms in total.